The van der Waals surface area contributed by atoms with Gasteiger partial charge in [-0.2, -0.15) is 0 Å². The molecule has 0 radical (unpaired) electrons. The highest BCUT2D eigenvalue weighted by Gasteiger charge is 2.18. The molecule has 5 aromatic rings. The molecule has 0 atom stereocenters. The van der Waals surface area contributed by atoms with E-state index in [9.17, 15) is 14.7 Å². The Morgan fingerprint density at radius 1 is 0.946 bits per heavy atom. The van der Waals surface area contributed by atoms with Gasteiger partial charge in [0.2, 0.25) is 0 Å². The molecule has 13 heteroatoms. The molecular formula is C24H17Cl2N7O4. The molecule has 0 aliphatic rings. The Morgan fingerprint density at radius 3 is 2.43 bits per heavy atom. The van der Waals surface area contributed by atoms with Crippen molar-refractivity contribution in [2.24, 2.45) is 0 Å². The molecule has 5 rings (SSSR count). The van der Waals surface area contributed by atoms with Gasteiger partial charge in [0, 0.05) is 22.2 Å². The van der Waals surface area contributed by atoms with Gasteiger partial charge in [0.05, 0.1) is 49.2 Å². The summed E-state index contributed by atoms with van der Waals surface area (Å²) in [6.45, 7) is 0.0752. The van der Waals surface area contributed by atoms with Crippen LogP contribution >= 0.6 is 23.2 Å². The Balaban J connectivity index is 1.52. The van der Waals surface area contributed by atoms with Crippen molar-refractivity contribution in [3.05, 3.63) is 98.9 Å². The summed E-state index contributed by atoms with van der Waals surface area (Å²) < 4.78 is 9.85. The third kappa shape index (κ3) is 4.82. The van der Waals surface area contributed by atoms with Crippen molar-refractivity contribution >= 4 is 29.2 Å². The van der Waals surface area contributed by atoms with Crippen LogP contribution in [0.3, 0.4) is 0 Å². The molecule has 186 valence electrons. The van der Waals surface area contributed by atoms with Crippen LogP contribution in [0.4, 0.5) is 0 Å². The standard InChI is InChI=1S/C24H17Cl2N7O4/c1-37-21-12-31(10-15-11-32(29-27-15)19-5-3-2-4-16(19)24(35)36)23(34)9-18(21)17-8-14(25)6-7-20(17)33-13-22(26)28-30-33/h2-9,11-13H,10H2,1H3,(H,35,36). The van der Waals surface area contributed by atoms with Crippen molar-refractivity contribution in [3.8, 4) is 28.3 Å². The van der Waals surface area contributed by atoms with Gasteiger partial charge < -0.3 is 14.4 Å². The minimum atomic E-state index is -1.09. The molecule has 0 amide bonds. The minimum absolute atomic E-state index is 0.0752. The Bertz CT molecular complexity index is 1690. The summed E-state index contributed by atoms with van der Waals surface area (Å²) in [5.74, 6) is -0.685. The van der Waals surface area contributed by atoms with Crippen LogP contribution in [0.5, 0.6) is 5.75 Å². The number of halogens is 2. The molecule has 37 heavy (non-hydrogen) atoms. The number of rotatable bonds is 7. The number of nitrogens with zero attached hydrogens (tertiary/aromatic N) is 7. The first-order chi connectivity index (χ1) is 17.8. The molecule has 0 saturated carbocycles. The minimum Gasteiger partial charge on any atom is -0.495 e. The van der Waals surface area contributed by atoms with Crippen LogP contribution in [0.15, 0.2) is 71.9 Å². The average molecular weight is 538 g/mol. The molecule has 0 unspecified atom stereocenters. The zero-order valence-electron chi connectivity index (χ0n) is 19.1. The van der Waals surface area contributed by atoms with Crippen LogP contribution in [-0.4, -0.2) is 52.7 Å². The molecule has 0 bridgehead atoms. The van der Waals surface area contributed by atoms with Crippen molar-refractivity contribution in [1.82, 2.24) is 34.6 Å². The lowest BCUT2D eigenvalue weighted by atomic mass is 10.0. The molecule has 1 N–H and O–H groups in total. The number of carboxylic acids is 1. The van der Waals surface area contributed by atoms with Crippen LogP contribution in [0.2, 0.25) is 10.2 Å². The lowest BCUT2D eigenvalue weighted by Crippen LogP contribution is -2.20. The number of aromatic nitrogens is 7. The first-order valence-electron chi connectivity index (χ1n) is 10.7. The molecule has 2 aromatic carbocycles. The maximum atomic E-state index is 13.1. The summed E-state index contributed by atoms with van der Waals surface area (Å²) >= 11 is 12.2. The van der Waals surface area contributed by atoms with Crippen molar-refractivity contribution < 1.29 is 14.6 Å². The summed E-state index contributed by atoms with van der Waals surface area (Å²) in [5.41, 5.74) is 2.22. The second kappa shape index (κ2) is 9.88. The summed E-state index contributed by atoms with van der Waals surface area (Å²) in [6.07, 6.45) is 4.66. The van der Waals surface area contributed by atoms with Crippen molar-refractivity contribution in [1.29, 1.82) is 0 Å². The molecule has 3 aromatic heterocycles. The van der Waals surface area contributed by atoms with E-state index in [0.29, 0.717) is 39.0 Å². The van der Waals surface area contributed by atoms with E-state index in [2.05, 4.69) is 20.6 Å². The number of aromatic carboxylic acids is 1. The van der Waals surface area contributed by atoms with Crippen LogP contribution in [-0.2, 0) is 6.54 Å². The van der Waals surface area contributed by atoms with Crippen molar-refractivity contribution in [2.45, 2.75) is 6.54 Å². The Labute approximate surface area is 219 Å². The monoisotopic (exact) mass is 537 g/mol. The molecule has 0 aliphatic carbocycles. The fourth-order valence-electron chi connectivity index (χ4n) is 3.85. The average Bonchev–Trinajstić information content (AvgIpc) is 3.54. The van der Waals surface area contributed by atoms with Crippen LogP contribution in [0, 0.1) is 0 Å². The van der Waals surface area contributed by atoms with Gasteiger partial charge in [0.1, 0.15) is 11.4 Å². The van der Waals surface area contributed by atoms with Gasteiger partial charge in [0.25, 0.3) is 5.56 Å². The van der Waals surface area contributed by atoms with E-state index in [4.69, 9.17) is 27.9 Å². The maximum absolute atomic E-state index is 13.1. The summed E-state index contributed by atoms with van der Waals surface area (Å²) in [5, 5.41) is 26.1. The quantitative estimate of drug-likeness (QED) is 0.332. The summed E-state index contributed by atoms with van der Waals surface area (Å²) in [6, 6.07) is 13.0. The van der Waals surface area contributed by atoms with Gasteiger partial charge in [-0.25, -0.2) is 14.2 Å². The van der Waals surface area contributed by atoms with Crippen LogP contribution in [0.1, 0.15) is 16.1 Å². The zero-order chi connectivity index (χ0) is 26.1. The summed E-state index contributed by atoms with van der Waals surface area (Å²) in [4.78, 5) is 24.7. The molecule has 0 spiro atoms. The molecule has 11 nitrogen and oxygen atoms in total. The maximum Gasteiger partial charge on any atom is 0.337 e. The number of pyridine rings is 1. The molecule has 0 aliphatic heterocycles. The van der Waals surface area contributed by atoms with E-state index >= 15 is 0 Å². The van der Waals surface area contributed by atoms with E-state index in [1.165, 1.54) is 39.4 Å². The second-order valence-corrected chi connectivity index (χ2v) is 8.67. The largest absolute Gasteiger partial charge is 0.495 e. The Hall–Kier alpha value is -4.48. The van der Waals surface area contributed by atoms with Gasteiger partial charge in [-0.1, -0.05) is 45.8 Å². The highest BCUT2D eigenvalue weighted by molar-refractivity contribution is 6.31. The number of methoxy groups -OCH3 is 1. The van der Waals surface area contributed by atoms with Gasteiger partial charge in [0.15, 0.2) is 5.15 Å². The molecule has 0 fully saturated rings. The lowest BCUT2D eigenvalue weighted by Gasteiger charge is -2.15. The van der Waals surface area contributed by atoms with Crippen molar-refractivity contribution in [3.63, 3.8) is 0 Å². The zero-order valence-corrected chi connectivity index (χ0v) is 20.6. The first kappa shape index (κ1) is 24.2. The fraction of sp³-hybridized carbons (Fsp3) is 0.0833. The normalized spacial score (nSPS) is 11.0. The number of carboxylic acid groups (broad SMARTS) is 1. The predicted octanol–water partition coefficient (Wildman–Crippen LogP) is 3.74. The Morgan fingerprint density at radius 2 is 1.70 bits per heavy atom. The first-order valence-corrected chi connectivity index (χ1v) is 11.5. The van der Waals surface area contributed by atoms with E-state index in [-0.39, 0.29) is 22.8 Å². The molecular weight excluding hydrogens is 521 g/mol. The number of hydrogen-bond donors (Lipinski definition) is 1. The van der Waals surface area contributed by atoms with E-state index in [0.717, 1.165) is 0 Å². The van der Waals surface area contributed by atoms with E-state index < -0.39 is 5.97 Å². The third-order valence-corrected chi connectivity index (χ3v) is 5.93. The smallest absolute Gasteiger partial charge is 0.337 e. The highest BCUT2D eigenvalue weighted by atomic mass is 35.5. The van der Waals surface area contributed by atoms with Gasteiger partial charge in [-0.3, -0.25) is 4.79 Å². The topological polar surface area (TPSA) is 130 Å². The van der Waals surface area contributed by atoms with Gasteiger partial charge in [-0.15, -0.1) is 10.2 Å². The fourth-order valence-corrected chi connectivity index (χ4v) is 4.15. The number of hydrogen-bond acceptors (Lipinski definition) is 7. The van der Waals surface area contributed by atoms with E-state index in [1.807, 2.05) is 0 Å². The third-order valence-electron chi connectivity index (χ3n) is 5.52. The van der Waals surface area contributed by atoms with E-state index in [1.54, 1.807) is 48.8 Å². The number of ether oxygens (including phenoxy) is 1. The van der Waals surface area contributed by atoms with Gasteiger partial charge in [-0.05, 0) is 30.3 Å². The van der Waals surface area contributed by atoms with Crippen LogP contribution in [0.25, 0.3) is 22.5 Å². The second-order valence-electron chi connectivity index (χ2n) is 7.85. The van der Waals surface area contributed by atoms with Crippen LogP contribution < -0.4 is 10.3 Å². The number of benzene rings is 2. The van der Waals surface area contributed by atoms with Gasteiger partial charge >= 0.3 is 5.97 Å². The highest BCUT2D eigenvalue weighted by Crippen LogP contribution is 2.35. The summed E-state index contributed by atoms with van der Waals surface area (Å²) in [7, 11) is 1.49. The Kier molecular flexibility index (Phi) is 6.47. The lowest BCUT2D eigenvalue weighted by molar-refractivity contribution is 0.0696. The SMILES string of the molecule is COc1cn(Cc2cn(-c3ccccc3C(=O)O)nn2)c(=O)cc1-c1cc(Cl)ccc1-n1cc(Cl)nn1. The van der Waals surface area contributed by atoms with Crippen molar-refractivity contribution in [2.75, 3.05) is 7.11 Å². The molecule has 3 heterocycles. The molecule has 0 saturated heterocycles. The predicted molar refractivity (Wildman–Crippen MR) is 135 cm³/mol. The number of carbonyl (C=O) groups is 1. The number of para-hydroxylation sites is 1.